The van der Waals surface area contributed by atoms with E-state index in [1.807, 2.05) is 0 Å². The maximum absolute atomic E-state index is 12.3. The standard InChI is InChI=1S/C16H24N2O3.ClH/c1-20-12-6-7-13(14(10-12)21-2)15(19)18-11-16(17)8-4-3-5-9-16;/h6-7,10H,3-5,8-9,11,17H2,1-2H3,(H,18,19);1H. The van der Waals surface area contributed by atoms with E-state index >= 15 is 0 Å². The van der Waals surface area contributed by atoms with Crippen molar-refractivity contribution in [2.45, 2.75) is 37.6 Å². The smallest absolute Gasteiger partial charge is 0.255 e. The van der Waals surface area contributed by atoms with Crippen LogP contribution in [0.5, 0.6) is 11.5 Å². The summed E-state index contributed by atoms with van der Waals surface area (Å²) in [6.07, 6.45) is 5.44. The number of hydrogen-bond acceptors (Lipinski definition) is 4. The molecule has 1 amide bonds. The van der Waals surface area contributed by atoms with Crippen molar-refractivity contribution in [2.24, 2.45) is 5.73 Å². The number of benzene rings is 1. The first kappa shape index (κ1) is 18.6. The van der Waals surface area contributed by atoms with Crippen LogP contribution in [0, 0.1) is 0 Å². The Morgan fingerprint density at radius 2 is 1.91 bits per heavy atom. The molecule has 1 saturated carbocycles. The Morgan fingerprint density at radius 3 is 2.50 bits per heavy atom. The Balaban J connectivity index is 0.00000242. The maximum atomic E-state index is 12.3. The van der Waals surface area contributed by atoms with Crippen molar-refractivity contribution in [3.8, 4) is 11.5 Å². The van der Waals surface area contributed by atoms with Gasteiger partial charge in [0.25, 0.3) is 5.91 Å². The predicted octanol–water partition coefficient (Wildman–Crippen LogP) is 2.52. The van der Waals surface area contributed by atoms with E-state index < -0.39 is 0 Å². The quantitative estimate of drug-likeness (QED) is 0.871. The van der Waals surface area contributed by atoms with Crippen LogP contribution in [0.25, 0.3) is 0 Å². The van der Waals surface area contributed by atoms with Crippen molar-refractivity contribution in [2.75, 3.05) is 20.8 Å². The fourth-order valence-corrected chi connectivity index (χ4v) is 2.77. The Bertz CT molecular complexity index is 502. The van der Waals surface area contributed by atoms with Gasteiger partial charge in [-0.25, -0.2) is 0 Å². The van der Waals surface area contributed by atoms with Crippen LogP contribution >= 0.6 is 12.4 Å². The molecule has 1 fully saturated rings. The normalized spacial score (nSPS) is 16.3. The summed E-state index contributed by atoms with van der Waals surface area (Å²) < 4.78 is 10.4. The first-order chi connectivity index (χ1) is 10.1. The molecule has 0 heterocycles. The van der Waals surface area contributed by atoms with Gasteiger partial charge in [0.15, 0.2) is 0 Å². The summed E-state index contributed by atoms with van der Waals surface area (Å²) in [6.45, 7) is 0.501. The number of nitrogens with two attached hydrogens (primary N) is 1. The van der Waals surface area contributed by atoms with Gasteiger partial charge in [-0.05, 0) is 25.0 Å². The number of methoxy groups -OCH3 is 2. The van der Waals surface area contributed by atoms with E-state index in [2.05, 4.69) is 5.32 Å². The summed E-state index contributed by atoms with van der Waals surface area (Å²) in [7, 11) is 3.12. The Labute approximate surface area is 138 Å². The zero-order chi connectivity index (χ0) is 15.3. The van der Waals surface area contributed by atoms with Gasteiger partial charge in [0.2, 0.25) is 0 Å². The van der Waals surface area contributed by atoms with Gasteiger partial charge in [-0.15, -0.1) is 12.4 Å². The fraction of sp³-hybridized carbons (Fsp3) is 0.562. The number of amides is 1. The van der Waals surface area contributed by atoms with Gasteiger partial charge < -0.3 is 20.5 Å². The molecule has 0 saturated heterocycles. The second kappa shape index (κ2) is 8.25. The van der Waals surface area contributed by atoms with Crippen molar-refractivity contribution in [1.82, 2.24) is 5.32 Å². The molecule has 124 valence electrons. The molecule has 1 aromatic carbocycles. The SMILES string of the molecule is COc1ccc(C(=O)NCC2(N)CCCCC2)c(OC)c1.Cl. The van der Waals surface area contributed by atoms with Crippen LogP contribution in [0.4, 0.5) is 0 Å². The van der Waals surface area contributed by atoms with Crippen molar-refractivity contribution in [3.05, 3.63) is 23.8 Å². The number of carbonyl (C=O) groups excluding carboxylic acids is 1. The number of carbonyl (C=O) groups is 1. The van der Waals surface area contributed by atoms with E-state index in [1.165, 1.54) is 13.5 Å². The van der Waals surface area contributed by atoms with E-state index in [4.69, 9.17) is 15.2 Å². The first-order valence-corrected chi connectivity index (χ1v) is 7.37. The summed E-state index contributed by atoms with van der Waals surface area (Å²) >= 11 is 0. The highest BCUT2D eigenvalue weighted by molar-refractivity contribution is 5.97. The molecule has 1 aliphatic rings. The number of hydrogen-bond donors (Lipinski definition) is 2. The lowest BCUT2D eigenvalue weighted by Gasteiger charge is -2.33. The van der Waals surface area contributed by atoms with Crippen molar-refractivity contribution in [1.29, 1.82) is 0 Å². The van der Waals surface area contributed by atoms with Crippen molar-refractivity contribution >= 4 is 18.3 Å². The molecule has 3 N–H and O–H groups in total. The maximum Gasteiger partial charge on any atom is 0.255 e. The Hall–Kier alpha value is -1.46. The van der Waals surface area contributed by atoms with Gasteiger partial charge >= 0.3 is 0 Å². The molecule has 0 unspecified atom stereocenters. The average molecular weight is 329 g/mol. The highest BCUT2D eigenvalue weighted by Gasteiger charge is 2.28. The van der Waals surface area contributed by atoms with E-state index in [9.17, 15) is 4.79 Å². The Kier molecular flexibility index (Phi) is 6.97. The van der Waals surface area contributed by atoms with Crippen LogP contribution in [-0.2, 0) is 0 Å². The average Bonchev–Trinajstić information content (AvgIpc) is 2.52. The van der Waals surface area contributed by atoms with Crippen LogP contribution in [0.2, 0.25) is 0 Å². The van der Waals surface area contributed by atoms with Crippen molar-refractivity contribution < 1.29 is 14.3 Å². The molecule has 22 heavy (non-hydrogen) atoms. The predicted molar refractivity (Wildman–Crippen MR) is 89.1 cm³/mol. The summed E-state index contributed by atoms with van der Waals surface area (Å²) in [5, 5.41) is 2.94. The monoisotopic (exact) mass is 328 g/mol. The number of nitrogens with one attached hydrogen (secondary N) is 1. The van der Waals surface area contributed by atoms with E-state index in [0.29, 0.717) is 23.6 Å². The second-order valence-corrected chi connectivity index (χ2v) is 5.67. The minimum atomic E-state index is -0.270. The molecule has 0 aliphatic heterocycles. The molecule has 0 radical (unpaired) electrons. The highest BCUT2D eigenvalue weighted by Crippen LogP contribution is 2.26. The summed E-state index contributed by atoms with van der Waals surface area (Å²) in [5.41, 5.74) is 6.56. The second-order valence-electron chi connectivity index (χ2n) is 5.67. The largest absolute Gasteiger partial charge is 0.497 e. The van der Waals surface area contributed by atoms with Crippen LogP contribution in [0.1, 0.15) is 42.5 Å². The minimum Gasteiger partial charge on any atom is -0.497 e. The molecule has 1 aliphatic carbocycles. The third kappa shape index (κ3) is 4.52. The topological polar surface area (TPSA) is 73.6 Å². The lowest BCUT2D eigenvalue weighted by Crippen LogP contribution is -2.51. The van der Waals surface area contributed by atoms with Gasteiger partial charge in [-0.1, -0.05) is 19.3 Å². The molecular formula is C16H25ClN2O3. The van der Waals surface area contributed by atoms with E-state index in [1.54, 1.807) is 25.3 Å². The molecular weight excluding hydrogens is 304 g/mol. The number of halogens is 1. The van der Waals surface area contributed by atoms with E-state index in [-0.39, 0.29) is 23.9 Å². The first-order valence-electron chi connectivity index (χ1n) is 7.37. The van der Waals surface area contributed by atoms with Gasteiger partial charge in [0.05, 0.1) is 19.8 Å². The lowest BCUT2D eigenvalue weighted by atomic mass is 9.82. The molecule has 5 nitrogen and oxygen atoms in total. The minimum absolute atomic E-state index is 0. The number of ether oxygens (including phenoxy) is 2. The third-order valence-electron chi connectivity index (χ3n) is 4.10. The van der Waals surface area contributed by atoms with Gasteiger partial charge in [0.1, 0.15) is 11.5 Å². The summed E-state index contributed by atoms with van der Waals surface area (Å²) in [4.78, 5) is 12.3. The molecule has 6 heteroatoms. The summed E-state index contributed by atoms with van der Waals surface area (Å²) in [5.74, 6) is 0.998. The van der Waals surface area contributed by atoms with Gasteiger partial charge in [-0.3, -0.25) is 4.79 Å². The van der Waals surface area contributed by atoms with Crippen LogP contribution < -0.4 is 20.5 Å². The third-order valence-corrected chi connectivity index (χ3v) is 4.10. The fourth-order valence-electron chi connectivity index (χ4n) is 2.77. The van der Waals surface area contributed by atoms with Crippen LogP contribution in [-0.4, -0.2) is 32.2 Å². The van der Waals surface area contributed by atoms with Crippen LogP contribution in [0.15, 0.2) is 18.2 Å². The summed E-state index contributed by atoms with van der Waals surface area (Å²) in [6, 6.07) is 5.15. The van der Waals surface area contributed by atoms with Gasteiger partial charge in [0, 0.05) is 18.2 Å². The van der Waals surface area contributed by atoms with Crippen molar-refractivity contribution in [3.63, 3.8) is 0 Å². The molecule has 0 bridgehead atoms. The van der Waals surface area contributed by atoms with E-state index in [0.717, 1.165) is 25.7 Å². The molecule has 0 spiro atoms. The van der Waals surface area contributed by atoms with Crippen LogP contribution in [0.3, 0.4) is 0 Å². The zero-order valence-electron chi connectivity index (χ0n) is 13.2. The zero-order valence-corrected chi connectivity index (χ0v) is 14.0. The number of rotatable bonds is 5. The molecule has 2 rings (SSSR count). The molecule has 1 aromatic rings. The molecule has 0 atom stereocenters. The van der Waals surface area contributed by atoms with Gasteiger partial charge in [-0.2, -0.15) is 0 Å². The highest BCUT2D eigenvalue weighted by atomic mass is 35.5. The molecule has 0 aromatic heterocycles. The Morgan fingerprint density at radius 1 is 1.23 bits per heavy atom. The lowest BCUT2D eigenvalue weighted by molar-refractivity contribution is 0.0934.